The van der Waals surface area contributed by atoms with Gasteiger partial charge in [0.15, 0.2) is 0 Å². The third kappa shape index (κ3) is 3.62. The number of benzene rings is 2. The van der Waals surface area contributed by atoms with Crippen LogP contribution in [-0.2, 0) is 0 Å². The molecular weight excluding hydrogens is 405 g/mol. The van der Waals surface area contributed by atoms with E-state index in [1.54, 1.807) is 6.07 Å². The summed E-state index contributed by atoms with van der Waals surface area (Å²) in [4.78, 5) is 0. The van der Waals surface area contributed by atoms with Crippen LogP contribution in [0.15, 0.2) is 51.4 Å². The van der Waals surface area contributed by atoms with Crippen LogP contribution in [0.4, 0.5) is 0 Å². The van der Waals surface area contributed by atoms with Crippen molar-refractivity contribution in [3.63, 3.8) is 0 Å². The second kappa shape index (κ2) is 7.05. The predicted octanol–water partition coefficient (Wildman–Crippen LogP) is 4.64. The fraction of sp³-hybridized carbons (Fsp3) is 0.200. The fourth-order valence-electron chi connectivity index (χ4n) is 2.12. The summed E-state index contributed by atoms with van der Waals surface area (Å²) < 4.78 is 1.87. The second-order valence-corrected chi connectivity index (χ2v) is 6.74. The zero-order chi connectivity index (χ0) is 14.7. The van der Waals surface area contributed by atoms with E-state index < -0.39 is 6.10 Å². The first-order valence-corrected chi connectivity index (χ1v) is 8.08. The van der Waals surface area contributed by atoms with Gasteiger partial charge in [0.1, 0.15) is 0 Å². The van der Waals surface area contributed by atoms with Crippen LogP contribution >= 0.6 is 43.5 Å². The van der Waals surface area contributed by atoms with Gasteiger partial charge in [0.2, 0.25) is 0 Å². The van der Waals surface area contributed by atoms with Crippen molar-refractivity contribution in [1.82, 2.24) is 0 Å². The summed E-state index contributed by atoms with van der Waals surface area (Å²) in [6.07, 6.45) is -0.744. The van der Waals surface area contributed by atoms with Crippen LogP contribution in [0.25, 0.3) is 0 Å². The molecule has 0 bridgehead atoms. The van der Waals surface area contributed by atoms with Crippen LogP contribution in [0.3, 0.4) is 0 Å². The summed E-state index contributed by atoms with van der Waals surface area (Å²) in [6.45, 7) is 0.339. The van der Waals surface area contributed by atoms with E-state index in [4.69, 9.17) is 17.3 Å². The van der Waals surface area contributed by atoms with Gasteiger partial charge in [-0.15, -0.1) is 0 Å². The zero-order valence-electron chi connectivity index (χ0n) is 10.6. The molecule has 0 radical (unpaired) electrons. The number of nitrogens with two attached hydrogens (primary N) is 1. The Morgan fingerprint density at radius 3 is 2.25 bits per heavy atom. The minimum Gasteiger partial charge on any atom is -0.388 e. The number of aliphatic hydroxyl groups is 1. The van der Waals surface area contributed by atoms with E-state index in [0.717, 1.165) is 14.5 Å². The second-order valence-electron chi connectivity index (χ2n) is 4.50. The standard InChI is InChI=1S/C15H14Br2ClNO/c16-10-3-1-9(2-4-10)13(8-19)15(20)12-7-11(17)5-6-14(12)18/h1-7,13,15,20H,8,19H2. The van der Waals surface area contributed by atoms with Crippen LogP contribution in [0, 0.1) is 0 Å². The molecule has 0 aliphatic carbocycles. The maximum atomic E-state index is 10.6. The molecular formula is C15H14Br2ClNO. The van der Waals surface area contributed by atoms with Gasteiger partial charge in [0, 0.05) is 32.0 Å². The number of hydrogen-bond acceptors (Lipinski definition) is 2. The SMILES string of the molecule is NCC(c1ccc(Br)cc1)C(O)c1cc(Br)ccc1Cl. The molecule has 0 aliphatic rings. The molecule has 106 valence electrons. The normalized spacial score (nSPS) is 14.1. The molecule has 0 saturated carbocycles. The van der Waals surface area contributed by atoms with Gasteiger partial charge in [-0.25, -0.2) is 0 Å². The van der Waals surface area contributed by atoms with Crippen molar-refractivity contribution in [3.05, 3.63) is 67.6 Å². The van der Waals surface area contributed by atoms with Crippen LogP contribution in [0.5, 0.6) is 0 Å². The van der Waals surface area contributed by atoms with Crippen molar-refractivity contribution in [2.45, 2.75) is 12.0 Å². The lowest BCUT2D eigenvalue weighted by atomic mass is 9.89. The van der Waals surface area contributed by atoms with E-state index in [9.17, 15) is 5.11 Å². The molecule has 0 fully saturated rings. The molecule has 0 aliphatic heterocycles. The highest BCUT2D eigenvalue weighted by Crippen LogP contribution is 2.35. The first-order valence-electron chi connectivity index (χ1n) is 6.11. The van der Waals surface area contributed by atoms with Crippen molar-refractivity contribution in [1.29, 1.82) is 0 Å². The predicted molar refractivity (Wildman–Crippen MR) is 90.0 cm³/mol. The van der Waals surface area contributed by atoms with Crippen molar-refractivity contribution in [2.24, 2.45) is 5.73 Å². The van der Waals surface area contributed by atoms with E-state index in [1.807, 2.05) is 36.4 Å². The van der Waals surface area contributed by atoms with Gasteiger partial charge in [0.05, 0.1) is 6.10 Å². The molecule has 2 aromatic rings. The fourth-order valence-corrected chi connectivity index (χ4v) is 2.99. The van der Waals surface area contributed by atoms with Gasteiger partial charge in [0.25, 0.3) is 0 Å². The highest BCUT2D eigenvalue weighted by atomic mass is 79.9. The van der Waals surface area contributed by atoms with E-state index in [0.29, 0.717) is 17.1 Å². The minimum absolute atomic E-state index is 0.199. The van der Waals surface area contributed by atoms with Gasteiger partial charge in [-0.3, -0.25) is 0 Å². The van der Waals surface area contributed by atoms with Gasteiger partial charge in [-0.1, -0.05) is 55.6 Å². The molecule has 0 spiro atoms. The van der Waals surface area contributed by atoms with E-state index in [2.05, 4.69) is 31.9 Å². The molecule has 0 saturated heterocycles. The molecule has 3 N–H and O–H groups in total. The molecule has 2 aromatic carbocycles. The molecule has 5 heteroatoms. The Bertz CT molecular complexity index is 589. The van der Waals surface area contributed by atoms with Crippen LogP contribution < -0.4 is 5.73 Å². The van der Waals surface area contributed by atoms with E-state index in [1.165, 1.54) is 0 Å². The molecule has 0 amide bonds. The first-order chi connectivity index (χ1) is 9.52. The Kier molecular flexibility index (Phi) is 5.64. The van der Waals surface area contributed by atoms with Crippen molar-refractivity contribution in [3.8, 4) is 0 Å². The summed E-state index contributed by atoms with van der Waals surface area (Å²) in [5.41, 5.74) is 7.51. The Morgan fingerprint density at radius 2 is 1.65 bits per heavy atom. The smallest absolute Gasteiger partial charge is 0.0885 e. The number of halogens is 3. The largest absolute Gasteiger partial charge is 0.388 e. The highest BCUT2D eigenvalue weighted by molar-refractivity contribution is 9.10. The van der Waals surface area contributed by atoms with E-state index in [-0.39, 0.29) is 5.92 Å². The van der Waals surface area contributed by atoms with Crippen molar-refractivity contribution >= 4 is 43.5 Å². The Labute approximate surface area is 140 Å². The highest BCUT2D eigenvalue weighted by Gasteiger charge is 2.23. The molecule has 2 atom stereocenters. The average Bonchev–Trinajstić information content (AvgIpc) is 2.44. The topological polar surface area (TPSA) is 46.2 Å². The van der Waals surface area contributed by atoms with Gasteiger partial charge in [-0.05, 0) is 35.9 Å². The average molecular weight is 420 g/mol. The van der Waals surface area contributed by atoms with E-state index >= 15 is 0 Å². The molecule has 2 nitrogen and oxygen atoms in total. The maximum Gasteiger partial charge on any atom is 0.0885 e. The molecule has 0 aromatic heterocycles. The number of rotatable bonds is 4. The summed E-state index contributed by atoms with van der Waals surface area (Å²) in [5, 5.41) is 11.1. The third-order valence-corrected chi connectivity index (χ3v) is 4.58. The Morgan fingerprint density at radius 1 is 1.05 bits per heavy atom. The molecule has 0 heterocycles. The summed E-state index contributed by atoms with van der Waals surface area (Å²) in [5.74, 6) is -0.199. The Hall–Kier alpha value is -0.390. The summed E-state index contributed by atoms with van der Waals surface area (Å²) in [6, 6.07) is 13.2. The van der Waals surface area contributed by atoms with Crippen LogP contribution in [0.2, 0.25) is 5.02 Å². The Balaban J connectivity index is 2.35. The first kappa shape index (κ1) is 16.0. The number of hydrogen-bond donors (Lipinski definition) is 2. The summed E-state index contributed by atoms with van der Waals surface area (Å²) in [7, 11) is 0. The van der Waals surface area contributed by atoms with Crippen LogP contribution in [-0.4, -0.2) is 11.7 Å². The lowest BCUT2D eigenvalue weighted by Crippen LogP contribution is -2.20. The van der Waals surface area contributed by atoms with Gasteiger partial charge < -0.3 is 10.8 Å². The van der Waals surface area contributed by atoms with Crippen molar-refractivity contribution in [2.75, 3.05) is 6.54 Å². The molecule has 2 rings (SSSR count). The lowest BCUT2D eigenvalue weighted by Gasteiger charge is -2.23. The van der Waals surface area contributed by atoms with Crippen LogP contribution in [0.1, 0.15) is 23.1 Å². The van der Waals surface area contributed by atoms with Crippen molar-refractivity contribution < 1.29 is 5.11 Å². The molecule has 20 heavy (non-hydrogen) atoms. The lowest BCUT2D eigenvalue weighted by molar-refractivity contribution is 0.147. The molecule has 2 unspecified atom stereocenters. The number of aliphatic hydroxyl groups excluding tert-OH is 1. The monoisotopic (exact) mass is 417 g/mol. The maximum absolute atomic E-state index is 10.6. The summed E-state index contributed by atoms with van der Waals surface area (Å²) >= 11 is 13.0. The minimum atomic E-state index is -0.744. The quantitative estimate of drug-likeness (QED) is 0.758. The third-order valence-electron chi connectivity index (χ3n) is 3.21. The zero-order valence-corrected chi connectivity index (χ0v) is 14.5. The van der Waals surface area contributed by atoms with Gasteiger partial charge in [-0.2, -0.15) is 0 Å². The van der Waals surface area contributed by atoms with Gasteiger partial charge >= 0.3 is 0 Å².